The molecule has 1 rings (SSSR count). The molecule has 0 atom stereocenters. The molecule has 0 heterocycles. The van der Waals surface area contributed by atoms with E-state index in [1.54, 1.807) is 20.2 Å². The predicted molar refractivity (Wildman–Crippen MR) is 85.8 cm³/mol. The number of guanidine groups is 1. The van der Waals surface area contributed by atoms with Crippen molar-refractivity contribution < 1.29 is 14.3 Å². The summed E-state index contributed by atoms with van der Waals surface area (Å²) in [6, 6.07) is 7.46. The van der Waals surface area contributed by atoms with Crippen LogP contribution in [0, 0.1) is 0 Å². The van der Waals surface area contributed by atoms with E-state index >= 15 is 0 Å². The fraction of sp³-hybridized carbons (Fsp3) is 0.467. The van der Waals surface area contributed by atoms with E-state index in [1.807, 2.05) is 18.2 Å². The van der Waals surface area contributed by atoms with E-state index < -0.39 is 5.91 Å². The molecule has 0 radical (unpaired) electrons. The maximum atomic E-state index is 10.7. The van der Waals surface area contributed by atoms with Crippen molar-refractivity contribution in [3.05, 3.63) is 29.8 Å². The van der Waals surface area contributed by atoms with Crippen LogP contribution in [0.5, 0.6) is 5.75 Å². The van der Waals surface area contributed by atoms with Crippen molar-refractivity contribution in [2.24, 2.45) is 10.7 Å². The molecule has 0 aliphatic carbocycles. The van der Waals surface area contributed by atoms with Gasteiger partial charge in [0, 0.05) is 33.9 Å². The second kappa shape index (κ2) is 10.4. The number of amides is 1. The number of nitrogens with one attached hydrogen (secondary N) is 2. The average molecular weight is 308 g/mol. The van der Waals surface area contributed by atoms with E-state index in [2.05, 4.69) is 15.6 Å². The fourth-order valence-electron chi connectivity index (χ4n) is 1.73. The summed E-state index contributed by atoms with van der Waals surface area (Å²) in [6.45, 7) is 1.97. The first-order chi connectivity index (χ1) is 10.7. The van der Waals surface area contributed by atoms with Gasteiger partial charge in [0.05, 0.1) is 0 Å². The first kappa shape index (κ1) is 17.8. The number of hydrogen-bond acceptors (Lipinski definition) is 4. The summed E-state index contributed by atoms with van der Waals surface area (Å²) >= 11 is 0. The minimum atomic E-state index is -0.496. The highest BCUT2D eigenvalue weighted by Crippen LogP contribution is 2.12. The Balaban J connectivity index is 2.42. The van der Waals surface area contributed by atoms with Crippen molar-refractivity contribution in [1.29, 1.82) is 0 Å². The first-order valence-corrected chi connectivity index (χ1v) is 7.09. The molecule has 22 heavy (non-hydrogen) atoms. The monoisotopic (exact) mass is 308 g/mol. The van der Waals surface area contributed by atoms with E-state index in [1.165, 1.54) is 0 Å². The first-order valence-electron chi connectivity index (χ1n) is 7.09. The molecule has 0 aliphatic rings. The van der Waals surface area contributed by atoms with Gasteiger partial charge in [-0.05, 0) is 24.1 Å². The number of hydrogen-bond donors (Lipinski definition) is 3. The molecular formula is C15H24N4O3. The maximum Gasteiger partial charge on any atom is 0.255 e. The van der Waals surface area contributed by atoms with Gasteiger partial charge in [-0.25, -0.2) is 0 Å². The third kappa shape index (κ3) is 7.49. The summed E-state index contributed by atoms with van der Waals surface area (Å²) in [5.74, 6) is 0.838. The molecule has 0 saturated carbocycles. The highest BCUT2D eigenvalue weighted by molar-refractivity contribution is 5.79. The van der Waals surface area contributed by atoms with Gasteiger partial charge >= 0.3 is 0 Å². The molecule has 0 fully saturated rings. The van der Waals surface area contributed by atoms with Crippen LogP contribution in [0.4, 0.5) is 0 Å². The van der Waals surface area contributed by atoms with Gasteiger partial charge in [-0.3, -0.25) is 9.79 Å². The van der Waals surface area contributed by atoms with E-state index in [0.717, 1.165) is 24.5 Å². The summed E-state index contributed by atoms with van der Waals surface area (Å²) in [4.78, 5) is 14.9. The number of nitrogens with two attached hydrogens (primary N) is 1. The van der Waals surface area contributed by atoms with Gasteiger partial charge in [-0.2, -0.15) is 0 Å². The molecule has 1 aromatic carbocycles. The number of ether oxygens (including phenoxy) is 2. The standard InChI is InChI=1S/C15H24N4O3/c1-17-15(18-7-4-8-21-2)19-10-12-5-3-6-13(9-12)22-11-14(16)20/h3,5-6,9H,4,7-8,10-11H2,1-2H3,(H2,16,20)(H2,17,18,19). The van der Waals surface area contributed by atoms with Crippen LogP contribution < -0.4 is 21.1 Å². The van der Waals surface area contributed by atoms with Gasteiger partial charge in [-0.1, -0.05) is 12.1 Å². The molecule has 0 saturated heterocycles. The molecule has 7 nitrogen and oxygen atoms in total. The second-order valence-electron chi connectivity index (χ2n) is 4.60. The molecule has 0 aromatic heterocycles. The largest absolute Gasteiger partial charge is 0.484 e. The van der Waals surface area contributed by atoms with Gasteiger partial charge in [0.25, 0.3) is 5.91 Å². The molecule has 4 N–H and O–H groups in total. The van der Waals surface area contributed by atoms with Crippen molar-refractivity contribution >= 4 is 11.9 Å². The Kier molecular flexibility index (Phi) is 8.44. The zero-order valence-electron chi connectivity index (χ0n) is 13.1. The number of carbonyl (C=O) groups excluding carboxylic acids is 1. The number of methoxy groups -OCH3 is 1. The van der Waals surface area contributed by atoms with Crippen LogP contribution in [0.2, 0.25) is 0 Å². The number of nitrogens with zero attached hydrogens (tertiary/aromatic N) is 1. The van der Waals surface area contributed by atoms with Gasteiger partial charge in [0.1, 0.15) is 5.75 Å². The average Bonchev–Trinajstić information content (AvgIpc) is 2.52. The molecule has 0 aliphatic heterocycles. The van der Waals surface area contributed by atoms with E-state index in [9.17, 15) is 4.79 Å². The third-order valence-electron chi connectivity index (χ3n) is 2.78. The van der Waals surface area contributed by atoms with Crippen molar-refractivity contribution in [1.82, 2.24) is 10.6 Å². The van der Waals surface area contributed by atoms with E-state index in [0.29, 0.717) is 18.9 Å². The Hall–Kier alpha value is -2.28. The Labute approximate surface area is 130 Å². The lowest BCUT2D eigenvalue weighted by Crippen LogP contribution is -2.37. The van der Waals surface area contributed by atoms with Gasteiger partial charge in [0.2, 0.25) is 0 Å². The summed E-state index contributed by atoms with van der Waals surface area (Å²) < 4.78 is 10.3. The molecule has 1 amide bonds. The van der Waals surface area contributed by atoms with Crippen molar-refractivity contribution in [2.75, 3.05) is 33.9 Å². The zero-order chi connectivity index (χ0) is 16.2. The Bertz CT molecular complexity index is 491. The third-order valence-corrected chi connectivity index (χ3v) is 2.78. The van der Waals surface area contributed by atoms with E-state index in [4.69, 9.17) is 15.2 Å². The van der Waals surface area contributed by atoms with Crippen molar-refractivity contribution in [3.8, 4) is 5.75 Å². The normalized spacial score (nSPS) is 11.1. The quantitative estimate of drug-likeness (QED) is 0.345. The Morgan fingerprint density at radius 3 is 2.86 bits per heavy atom. The highest BCUT2D eigenvalue weighted by Gasteiger charge is 2.01. The summed E-state index contributed by atoms with van der Waals surface area (Å²) in [5.41, 5.74) is 6.07. The minimum absolute atomic E-state index is 0.125. The smallest absolute Gasteiger partial charge is 0.255 e. The lowest BCUT2D eigenvalue weighted by atomic mass is 10.2. The van der Waals surface area contributed by atoms with E-state index in [-0.39, 0.29) is 6.61 Å². The lowest BCUT2D eigenvalue weighted by molar-refractivity contribution is -0.119. The molecule has 7 heteroatoms. The number of aliphatic imine (C=N–C) groups is 1. The maximum absolute atomic E-state index is 10.7. The zero-order valence-corrected chi connectivity index (χ0v) is 13.1. The van der Waals surface area contributed by atoms with Crippen LogP contribution in [-0.4, -0.2) is 45.8 Å². The molecule has 1 aromatic rings. The van der Waals surface area contributed by atoms with Crippen LogP contribution in [0.3, 0.4) is 0 Å². The Morgan fingerprint density at radius 1 is 1.36 bits per heavy atom. The molecular weight excluding hydrogens is 284 g/mol. The fourth-order valence-corrected chi connectivity index (χ4v) is 1.73. The molecule has 0 bridgehead atoms. The van der Waals surface area contributed by atoms with Crippen LogP contribution in [0.25, 0.3) is 0 Å². The number of primary amides is 1. The number of benzene rings is 1. The predicted octanol–water partition coefficient (Wildman–Crippen LogP) is 0.252. The minimum Gasteiger partial charge on any atom is -0.484 e. The van der Waals surface area contributed by atoms with Crippen molar-refractivity contribution in [2.45, 2.75) is 13.0 Å². The lowest BCUT2D eigenvalue weighted by Gasteiger charge is -2.12. The second-order valence-corrected chi connectivity index (χ2v) is 4.60. The number of rotatable bonds is 9. The van der Waals surface area contributed by atoms with Gasteiger partial charge < -0.3 is 25.8 Å². The van der Waals surface area contributed by atoms with Crippen LogP contribution in [0.1, 0.15) is 12.0 Å². The summed E-state index contributed by atoms with van der Waals surface area (Å²) in [7, 11) is 3.40. The van der Waals surface area contributed by atoms with Crippen LogP contribution in [-0.2, 0) is 16.1 Å². The van der Waals surface area contributed by atoms with Crippen LogP contribution >= 0.6 is 0 Å². The topological polar surface area (TPSA) is 98.0 Å². The van der Waals surface area contributed by atoms with Crippen molar-refractivity contribution in [3.63, 3.8) is 0 Å². The summed E-state index contributed by atoms with van der Waals surface area (Å²) in [5, 5.41) is 6.40. The summed E-state index contributed by atoms with van der Waals surface area (Å²) in [6.07, 6.45) is 0.910. The number of carbonyl (C=O) groups is 1. The van der Waals surface area contributed by atoms with Crippen LogP contribution in [0.15, 0.2) is 29.3 Å². The Morgan fingerprint density at radius 2 is 2.18 bits per heavy atom. The van der Waals surface area contributed by atoms with Gasteiger partial charge in [0.15, 0.2) is 12.6 Å². The SMILES string of the molecule is CN=C(NCCCOC)NCc1cccc(OCC(N)=O)c1. The molecule has 0 unspecified atom stereocenters. The van der Waals surface area contributed by atoms with Gasteiger partial charge in [-0.15, -0.1) is 0 Å². The molecule has 0 spiro atoms. The molecule has 122 valence electrons. The highest BCUT2D eigenvalue weighted by atomic mass is 16.5.